The smallest absolute Gasteiger partial charge is 0.290 e. The highest BCUT2D eigenvalue weighted by Crippen LogP contribution is 2.31. The standard InChI is InChI=1S/C8H3Br2NO3S/c9-4-1-3(14-6(4)10)2-5-7(12)11-8(13)15-5/h1-2H,(H,11,12,13)/b5-2+. The summed E-state index contributed by atoms with van der Waals surface area (Å²) in [6, 6.07) is 1.70. The maximum atomic E-state index is 11.2. The molecule has 0 aromatic carbocycles. The van der Waals surface area contributed by atoms with Crippen LogP contribution in [0.3, 0.4) is 0 Å². The lowest BCUT2D eigenvalue weighted by Crippen LogP contribution is -2.17. The van der Waals surface area contributed by atoms with Crippen LogP contribution in [0.25, 0.3) is 6.08 Å². The number of carbonyl (C=O) groups is 2. The number of halogens is 2. The molecule has 1 aromatic heterocycles. The van der Waals surface area contributed by atoms with Gasteiger partial charge in [0.15, 0.2) is 4.67 Å². The number of carbonyl (C=O) groups excluding carboxylic acids is 2. The van der Waals surface area contributed by atoms with Crippen molar-refractivity contribution in [1.29, 1.82) is 0 Å². The van der Waals surface area contributed by atoms with Gasteiger partial charge in [0.1, 0.15) is 5.76 Å². The summed E-state index contributed by atoms with van der Waals surface area (Å²) >= 11 is 7.28. The predicted molar refractivity (Wildman–Crippen MR) is 63.2 cm³/mol. The van der Waals surface area contributed by atoms with Gasteiger partial charge in [-0.2, -0.15) is 0 Å². The Hall–Kier alpha value is -0.530. The number of furan rings is 1. The summed E-state index contributed by atoms with van der Waals surface area (Å²) in [5.74, 6) is 0.106. The van der Waals surface area contributed by atoms with Crippen LogP contribution < -0.4 is 5.32 Å². The van der Waals surface area contributed by atoms with Gasteiger partial charge in [-0.05, 0) is 49.7 Å². The quantitative estimate of drug-likeness (QED) is 0.789. The molecular weight excluding hydrogens is 350 g/mol. The van der Waals surface area contributed by atoms with E-state index in [1.807, 2.05) is 0 Å². The van der Waals surface area contributed by atoms with Gasteiger partial charge in [0.25, 0.3) is 11.1 Å². The first-order chi connectivity index (χ1) is 7.06. The maximum Gasteiger partial charge on any atom is 0.290 e. The van der Waals surface area contributed by atoms with Crippen LogP contribution in [0.2, 0.25) is 0 Å². The van der Waals surface area contributed by atoms with E-state index in [2.05, 4.69) is 37.2 Å². The highest BCUT2D eigenvalue weighted by atomic mass is 79.9. The molecule has 0 atom stereocenters. The van der Waals surface area contributed by atoms with E-state index in [1.165, 1.54) is 6.08 Å². The Bertz CT molecular complexity index is 461. The van der Waals surface area contributed by atoms with Crippen LogP contribution in [0.5, 0.6) is 0 Å². The SMILES string of the molecule is O=C1NC(=O)/C(=C\c2cc(Br)c(Br)o2)S1. The van der Waals surface area contributed by atoms with Crippen molar-refractivity contribution in [1.82, 2.24) is 5.32 Å². The van der Waals surface area contributed by atoms with Crippen LogP contribution in [-0.2, 0) is 4.79 Å². The molecular formula is C8H3Br2NO3S. The van der Waals surface area contributed by atoms with E-state index in [9.17, 15) is 9.59 Å². The molecule has 1 fully saturated rings. The molecule has 78 valence electrons. The molecule has 0 spiro atoms. The number of nitrogens with one attached hydrogen (secondary N) is 1. The molecule has 1 aliphatic heterocycles. The Morgan fingerprint density at radius 1 is 1.40 bits per heavy atom. The van der Waals surface area contributed by atoms with E-state index in [0.717, 1.165) is 16.2 Å². The molecule has 1 N–H and O–H groups in total. The molecule has 2 rings (SSSR count). The molecule has 0 saturated carbocycles. The van der Waals surface area contributed by atoms with Gasteiger partial charge in [-0.3, -0.25) is 14.9 Å². The minimum Gasteiger partial charge on any atom is -0.449 e. The number of thioether (sulfide) groups is 1. The summed E-state index contributed by atoms with van der Waals surface area (Å²) < 4.78 is 6.55. The van der Waals surface area contributed by atoms with Crippen molar-refractivity contribution < 1.29 is 14.0 Å². The third-order valence-corrected chi connectivity index (χ3v) is 4.10. The van der Waals surface area contributed by atoms with Crippen LogP contribution >= 0.6 is 43.6 Å². The van der Waals surface area contributed by atoms with Crippen LogP contribution in [0.1, 0.15) is 5.76 Å². The highest BCUT2D eigenvalue weighted by Gasteiger charge is 2.25. The Morgan fingerprint density at radius 3 is 2.60 bits per heavy atom. The fourth-order valence-corrected chi connectivity index (χ4v) is 2.25. The first-order valence-corrected chi connectivity index (χ1v) is 6.16. The number of imide groups is 1. The fraction of sp³-hybridized carbons (Fsp3) is 0. The number of hydrogen-bond donors (Lipinski definition) is 1. The van der Waals surface area contributed by atoms with Gasteiger partial charge in [0.05, 0.1) is 9.38 Å². The lowest BCUT2D eigenvalue weighted by molar-refractivity contribution is -0.115. The van der Waals surface area contributed by atoms with Crippen LogP contribution in [0.15, 0.2) is 24.5 Å². The van der Waals surface area contributed by atoms with E-state index >= 15 is 0 Å². The summed E-state index contributed by atoms with van der Waals surface area (Å²) in [4.78, 5) is 22.4. The summed E-state index contributed by atoms with van der Waals surface area (Å²) in [6.45, 7) is 0. The summed E-state index contributed by atoms with van der Waals surface area (Å²) in [5.41, 5.74) is 0. The van der Waals surface area contributed by atoms with Crippen molar-refractivity contribution in [3.05, 3.63) is 25.9 Å². The number of rotatable bonds is 1. The van der Waals surface area contributed by atoms with Gasteiger partial charge in [-0.1, -0.05) is 0 Å². The monoisotopic (exact) mass is 351 g/mol. The van der Waals surface area contributed by atoms with Crippen molar-refractivity contribution in [3.63, 3.8) is 0 Å². The molecule has 0 unspecified atom stereocenters. The van der Waals surface area contributed by atoms with Gasteiger partial charge in [-0.15, -0.1) is 0 Å². The lowest BCUT2D eigenvalue weighted by atomic mass is 10.4. The second kappa shape index (κ2) is 4.15. The van der Waals surface area contributed by atoms with E-state index in [-0.39, 0.29) is 5.24 Å². The van der Waals surface area contributed by atoms with Crippen molar-refractivity contribution >= 4 is 60.8 Å². The second-order valence-corrected chi connectivity index (χ2v) is 5.21. The van der Waals surface area contributed by atoms with Gasteiger partial charge >= 0.3 is 0 Å². The maximum absolute atomic E-state index is 11.2. The molecule has 0 bridgehead atoms. The Labute approximate surface area is 106 Å². The van der Waals surface area contributed by atoms with Crippen LogP contribution in [-0.4, -0.2) is 11.1 Å². The van der Waals surface area contributed by atoms with Gasteiger partial charge in [0, 0.05) is 6.08 Å². The topological polar surface area (TPSA) is 59.3 Å². The molecule has 15 heavy (non-hydrogen) atoms. The van der Waals surface area contributed by atoms with Gasteiger partial charge < -0.3 is 4.42 Å². The normalized spacial score (nSPS) is 18.7. The molecule has 1 aliphatic rings. The molecule has 1 saturated heterocycles. The molecule has 2 amide bonds. The van der Waals surface area contributed by atoms with Gasteiger partial charge in [-0.25, -0.2) is 0 Å². The minimum absolute atomic E-state index is 0.328. The zero-order chi connectivity index (χ0) is 11.0. The average Bonchev–Trinajstić information content (AvgIpc) is 2.59. The number of hydrogen-bond acceptors (Lipinski definition) is 4. The molecule has 0 aliphatic carbocycles. The van der Waals surface area contributed by atoms with Crippen molar-refractivity contribution in [2.75, 3.05) is 0 Å². The van der Waals surface area contributed by atoms with Crippen molar-refractivity contribution in [2.24, 2.45) is 0 Å². The molecule has 1 aromatic rings. The Kier molecular flexibility index (Phi) is 3.03. The molecule has 0 radical (unpaired) electrons. The van der Waals surface area contributed by atoms with Crippen molar-refractivity contribution in [3.8, 4) is 0 Å². The lowest BCUT2D eigenvalue weighted by Gasteiger charge is -1.87. The summed E-state index contributed by atoms with van der Waals surface area (Å²) in [6.07, 6.45) is 1.51. The highest BCUT2D eigenvalue weighted by molar-refractivity contribution is 9.13. The van der Waals surface area contributed by atoms with Crippen LogP contribution in [0.4, 0.5) is 4.79 Å². The predicted octanol–water partition coefficient (Wildman–Crippen LogP) is 3.13. The van der Waals surface area contributed by atoms with Crippen LogP contribution in [0, 0.1) is 0 Å². The largest absolute Gasteiger partial charge is 0.449 e. The Morgan fingerprint density at radius 2 is 2.13 bits per heavy atom. The van der Waals surface area contributed by atoms with Crippen molar-refractivity contribution in [2.45, 2.75) is 0 Å². The third-order valence-electron chi connectivity index (χ3n) is 1.58. The third kappa shape index (κ3) is 2.35. The first-order valence-electron chi connectivity index (χ1n) is 3.76. The Balaban J connectivity index is 2.30. The second-order valence-electron chi connectivity index (χ2n) is 2.62. The summed E-state index contributed by atoms with van der Waals surface area (Å²) in [5, 5.41) is 1.80. The van der Waals surface area contributed by atoms with E-state index in [0.29, 0.717) is 15.3 Å². The minimum atomic E-state index is -0.395. The average molecular weight is 353 g/mol. The molecule has 7 heteroatoms. The van der Waals surface area contributed by atoms with E-state index in [4.69, 9.17) is 4.42 Å². The van der Waals surface area contributed by atoms with E-state index in [1.54, 1.807) is 6.07 Å². The first kappa shape index (κ1) is 11.0. The molecule has 2 heterocycles. The van der Waals surface area contributed by atoms with Gasteiger partial charge in [0.2, 0.25) is 0 Å². The summed E-state index contributed by atoms with van der Waals surface area (Å²) in [7, 11) is 0. The zero-order valence-electron chi connectivity index (χ0n) is 7.04. The fourth-order valence-electron chi connectivity index (χ4n) is 0.985. The zero-order valence-corrected chi connectivity index (χ0v) is 11.0. The van der Waals surface area contributed by atoms with E-state index < -0.39 is 5.91 Å². The number of amides is 2. The molecule has 4 nitrogen and oxygen atoms in total.